The molecule has 3 rings (SSSR count). The molecule has 0 aliphatic carbocycles. The SMILES string of the molecule is CCC1C=C(c2ccc(-c3cccc(S(C)(=O)=O)c3)s2)NN1. The zero-order valence-corrected chi connectivity index (χ0v) is 14.1. The molecule has 1 atom stereocenters. The van der Waals surface area contributed by atoms with Crippen molar-refractivity contribution < 1.29 is 8.42 Å². The maximum Gasteiger partial charge on any atom is 0.175 e. The van der Waals surface area contributed by atoms with Crippen LogP contribution in [-0.2, 0) is 9.84 Å². The molecule has 22 heavy (non-hydrogen) atoms. The summed E-state index contributed by atoms with van der Waals surface area (Å²) in [5, 5.41) is 0. The summed E-state index contributed by atoms with van der Waals surface area (Å²) in [6, 6.07) is 11.5. The Kier molecular flexibility index (Phi) is 4.08. The van der Waals surface area contributed by atoms with Gasteiger partial charge >= 0.3 is 0 Å². The third-order valence-electron chi connectivity index (χ3n) is 3.62. The predicted octanol–water partition coefficient (Wildman–Crippen LogP) is 3.05. The van der Waals surface area contributed by atoms with E-state index in [0.717, 1.165) is 27.4 Å². The second-order valence-electron chi connectivity index (χ2n) is 5.33. The molecule has 0 radical (unpaired) electrons. The molecule has 1 aromatic carbocycles. The molecule has 6 heteroatoms. The summed E-state index contributed by atoms with van der Waals surface area (Å²) in [6.07, 6.45) is 4.45. The van der Waals surface area contributed by atoms with Gasteiger partial charge in [-0.15, -0.1) is 11.3 Å². The Morgan fingerprint density at radius 3 is 2.64 bits per heavy atom. The first-order valence-corrected chi connectivity index (χ1v) is 9.82. The van der Waals surface area contributed by atoms with Crippen molar-refractivity contribution in [1.29, 1.82) is 0 Å². The Hall–Kier alpha value is -1.63. The van der Waals surface area contributed by atoms with Crippen molar-refractivity contribution in [3.8, 4) is 10.4 Å². The monoisotopic (exact) mass is 334 g/mol. The van der Waals surface area contributed by atoms with Crippen LogP contribution in [0.15, 0.2) is 47.4 Å². The Morgan fingerprint density at radius 1 is 1.18 bits per heavy atom. The third kappa shape index (κ3) is 3.09. The number of hydrogen-bond donors (Lipinski definition) is 2. The van der Waals surface area contributed by atoms with Crippen molar-refractivity contribution in [1.82, 2.24) is 10.9 Å². The first-order chi connectivity index (χ1) is 10.5. The zero-order chi connectivity index (χ0) is 15.7. The van der Waals surface area contributed by atoms with Gasteiger partial charge in [-0.1, -0.05) is 19.1 Å². The maximum absolute atomic E-state index is 11.7. The fourth-order valence-corrected chi connectivity index (χ4v) is 3.99. The van der Waals surface area contributed by atoms with Crippen molar-refractivity contribution in [2.24, 2.45) is 0 Å². The van der Waals surface area contributed by atoms with Crippen LogP contribution in [0.1, 0.15) is 18.2 Å². The van der Waals surface area contributed by atoms with Crippen molar-refractivity contribution in [3.63, 3.8) is 0 Å². The van der Waals surface area contributed by atoms with Gasteiger partial charge in [0, 0.05) is 17.2 Å². The molecule has 4 nitrogen and oxygen atoms in total. The van der Waals surface area contributed by atoms with Crippen molar-refractivity contribution in [3.05, 3.63) is 47.4 Å². The summed E-state index contributed by atoms with van der Waals surface area (Å²) in [7, 11) is -3.18. The van der Waals surface area contributed by atoms with E-state index in [4.69, 9.17) is 0 Å². The molecular weight excluding hydrogens is 316 g/mol. The lowest BCUT2D eigenvalue weighted by Crippen LogP contribution is -2.30. The number of hydrogen-bond acceptors (Lipinski definition) is 5. The molecule has 0 saturated heterocycles. The minimum absolute atomic E-state index is 0.353. The van der Waals surface area contributed by atoms with E-state index in [1.807, 2.05) is 12.1 Å². The van der Waals surface area contributed by atoms with Crippen molar-refractivity contribution >= 4 is 26.9 Å². The maximum atomic E-state index is 11.7. The molecule has 0 spiro atoms. The van der Waals surface area contributed by atoms with Crippen LogP contribution in [0.25, 0.3) is 16.1 Å². The fourth-order valence-electron chi connectivity index (χ4n) is 2.34. The molecule has 0 saturated carbocycles. The van der Waals surface area contributed by atoms with Crippen LogP contribution in [0.3, 0.4) is 0 Å². The molecule has 0 amide bonds. The Bertz CT molecular complexity index is 822. The number of nitrogens with one attached hydrogen (secondary N) is 2. The standard InChI is InChI=1S/C16H18N2O2S2/c1-3-12-10-14(18-17-12)16-8-7-15(21-16)11-5-4-6-13(9-11)22(2,19)20/h4-10,12,17-18H,3H2,1-2H3. The Balaban J connectivity index is 1.92. The fraction of sp³-hybridized carbons (Fsp3) is 0.250. The summed E-state index contributed by atoms with van der Waals surface area (Å²) in [5.41, 5.74) is 8.43. The van der Waals surface area contributed by atoms with Crippen LogP contribution >= 0.6 is 11.3 Å². The molecule has 2 N–H and O–H groups in total. The van der Waals surface area contributed by atoms with Gasteiger partial charge in [0.2, 0.25) is 0 Å². The lowest BCUT2D eigenvalue weighted by molar-refractivity contribution is 0.576. The van der Waals surface area contributed by atoms with Crippen molar-refractivity contribution in [2.45, 2.75) is 24.3 Å². The predicted molar refractivity (Wildman–Crippen MR) is 91.2 cm³/mol. The number of benzene rings is 1. The van der Waals surface area contributed by atoms with Gasteiger partial charge in [0.15, 0.2) is 9.84 Å². The van der Waals surface area contributed by atoms with Gasteiger partial charge in [-0.3, -0.25) is 0 Å². The molecule has 2 heterocycles. The second kappa shape index (κ2) is 5.87. The lowest BCUT2D eigenvalue weighted by Gasteiger charge is -2.04. The quantitative estimate of drug-likeness (QED) is 0.902. The van der Waals surface area contributed by atoms with E-state index in [0.29, 0.717) is 10.9 Å². The summed E-state index contributed by atoms with van der Waals surface area (Å²) < 4.78 is 23.4. The summed E-state index contributed by atoms with van der Waals surface area (Å²) in [4.78, 5) is 2.55. The smallest absolute Gasteiger partial charge is 0.175 e. The molecule has 1 aromatic heterocycles. The lowest BCUT2D eigenvalue weighted by atomic mass is 10.2. The van der Waals surface area contributed by atoms with E-state index in [9.17, 15) is 8.42 Å². The molecule has 116 valence electrons. The minimum Gasteiger partial charge on any atom is -0.320 e. The third-order valence-corrected chi connectivity index (χ3v) is 5.90. The topological polar surface area (TPSA) is 58.2 Å². The average Bonchev–Trinajstić information content (AvgIpc) is 3.15. The molecular formula is C16H18N2O2S2. The largest absolute Gasteiger partial charge is 0.320 e. The van der Waals surface area contributed by atoms with Crippen LogP contribution in [0.5, 0.6) is 0 Å². The second-order valence-corrected chi connectivity index (χ2v) is 8.43. The van der Waals surface area contributed by atoms with Gasteiger partial charge in [0.05, 0.1) is 15.5 Å². The zero-order valence-electron chi connectivity index (χ0n) is 12.5. The van der Waals surface area contributed by atoms with E-state index in [-0.39, 0.29) is 0 Å². The molecule has 0 bridgehead atoms. The van der Waals surface area contributed by atoms with E-state index >= 15 is 0 Å². The highest BCUT2D eigenvalue weighted by Gasteiger charge is 2.16. The molecule has 0 fully saturated rings. The summed E-state index contributed by atoms with van der Waals surface area (Å²) in [5.74, 6) is 0. The van der Waals surface area contributed by atoms with Gasteiger partial charge in [-0.2, -0.15) is 0 Å². The van der Waals surface area contributed by atoms with Crippen LogP contribution in [-0.4, -0.2) is 20.7 Å². The van der Waals surface area contributed by atoms with Crippen LogP contribution in [0.2, 0.25) is 0 Å². The minimum atomic E-state index is -3.18. The Morgan fingerprint density at radius 2 is 1.95 bits per heavy atom. The van der Waals surface area contributed by atoms with Crippen LogP contribution in [0, 0.1) is 0 Å². The number of thiophene rings is 1. The summed E-state index contributed by atoms with van der Waals surface area (Å²) in [6.45, 7) is 2.13. The molecule has 1 unspecified atom stereocenters. The first kappa shape index (κ1) is 15.3. The van der Waals surface area contributed by atoms with E-state index in [1.165, 1.54) is 6.26 Å². The molecule has 1 aliphatic heterocycles. The first-order valence-electron chi connectivity index (χ1n) is 7.11. The van der Waals surface area contributed by atoms with Crippen LogP contribution < -0.4 is 10.9 Å². The van der Waals surface area contributed by atoms with Crippen LogP contribution in [0.4, 0.5) is 0 Å². The van der Waals surface area contributed by atoms with E-state index < -0.39 is 9.84 Å². The number of sulfone groups is 1. The van der Waals surface area contributed by atoms with Gasteiger partial charge < -0.3 is 5.43 Å². The normalized spacial score (nSPS) is 18.1. The van der Waals surface area contributed by atoms with Gasteiger partial charge in [0.1, 0.15) is 0 Å². The highest BCUT2D eigenvalue weighted by molar-refractivity contribution is 7.90. The number of rotatable bonds is 4. The average molecular weight is 334 g/mol. The van der Waals surface area contributed by atoms with Crippen molar-refractivity contribution in [2.75, 3.05) is 6.26 Å². The summed E-state index contributed by atoms with van der Waals surface area (Å²) >= 11 is 1.65. The van der Waals surface area contributed by atoms with Gasteiger partial charge in [-0.25, -0.2) is 13.8 Å². The number of hydrazine groups is 1. The van der Waals surface area contributed by atoms with Gasteiger partial charge in [-0.05, 0) is 42.3 Å². The van der Waals surface area contributed by atoms with E-state index in [1.54, 1.807) is 29.5 Å². The Labute approximate surface area is 134 Å². The highest BCUT2D eigenvalue weighted by Crippen LogP contribution is 2.33. The molecule has 1 aliphatic rings. The van der Waals surface area contributed by atoms with Gasteiger partial charge in [0.25, 0.3) is 0 Å². The highest BCUT2D eigenvalue weighted by atomic mass is 32.2. The molecule has 2 aromatic rings. The van der Waals surface area contributed by atoms with E-state index in [2.05, 4.69) is 29.9 Å².